The molecule has 15 heavy (non-hydrogen) atoms. The number of hydrogen-bond acceptors (Lipinski definition) is 3. The molecule has 1 unspecified atom stereocenters. The molecular weight excluding hydrogens is 216 g/mol. The van der Waals surface area contributed by atoms with Crippen LogP contribution in [-0.2, 0) is 4.79 Å². The van der Waals surface area contributed by atoms with Crippen molar-refractivity contribution in [2.75, 3.05) is 20.3 Å². The highest BCUT2D eigenvalue weighted by Gasteiger charge is 2.28. The molecule has 1 aliphatic heterocycles. The van der Waals surface area contributed by atoms with Crippen molar-refractivity contribution in [1.82, 2.24) is 4.90 Å². The Kier molecular flexibility index (Phi) is 6.36. The lowest BCUT2D eigenvalue weighted by Crippen LogP contribution is -2.35. The molecule has 4 nitrogen and oxygen atoms in total. The molecule has 88 valence electrons. The minimum absolute atomic E-state index is 0.560. The Bertz CT molecular complexity index is 229. The Morgan fingerprint density at radius 3 is 2.53 bits per heavy atom. The summed E-state index contributed by atoms with van der Waals surface area (Å²) >= 11 is 6.25. The van der Waals surface area contributed by atoms with E-state index in [1.807, 2.05) is 13.2 Å². The smallest absolute Gasteiger partial charge is 0.175 e. The van der Waals surface area contributed by atoms with Crippen LogP contribution in [0.5, 0.6) is 0 Å². The standard InChI is InChI=1S/C8H16ClN2.C2H4O2/c1-3-4-6-11(9)7-5-10(2)8-11;1-2(3)4/h5,7H,3-4,6,8H2,1-2H3;1H3,(H,3,4)/q+1;/p-1. The largest absolute Gasteiger partial charge is 0.550 e. The lowest BCUT2D eigenvalue weighted by atomic mass is 10.3. The zero-order chi connectivity index (χ0) is 11.9. The van der Waals surface area contributed by atoms with Crippen LogP contribution < -0.4 is 5.11 Å². The van der Waals surface area contributed by atoms with Crippen LogP contribution in [0.15, 0.2) is 12.4 Å². The summed E-state index contributed by atoms with van der Waals surface area (Å²) in [6.07, 6.45) is 6.51. The van der Waals surface area contributed by atoms with E-state index < -0.39 is 5.97 Å². The van der Waals surface area contributed by atoms with Gasteiger partial charge in [-0.3, -0.25) is 0 Å². The van der Waals surface area contributed by atoms with Gasteiger partial charge in [0.1, 0.15) is 12.7 Å². The van der Waals surface area contributed by atoms with Crippen LogP contribution in [0.3, 0.4) is 0 Å². The Labute approximate surface area is 96.4 Å². The van der Waals surface area contributed by atoms with E-state index in [2.05, 4.69) is 18.0 Å². The third-order valence-electron chi connectivity index (χ3n) is 1.93. The number of carboxylic acids is 1. The number of carbonyl (C=O) groups is 1. The number of rotatable bonds is 3. The predicted molar refractivity (Wildman–Crippen MR) is 58.3 cm³/mol. The lowest BCUT2D eigenvalue weighted by molar-refractivity contribution is -0.763. The van der Waals surface area contributed by atoms with E-state index in [4.69, 9.17) is 21.7 Å². The quantitative estimate of drug-likeness (QED) is 0.682. The van der Waals surface area contributed by atoms with Gasteiger partial charge in [0, 0.05) is 13.0 Å². The molecule has 0 spiro atoms. The van der Waals surface area contributed by atoms with Crippen molar-refractivity contribution in [2.45, 2.75) is 26.7 Å². The molecule has 0 aromatic carbocycles. The minimum atomic E-state index is -1.08. The third kappa shape index (κ3) is 7.22. The summed E-state index contributed by atoms with van der Waals surface area (Å²) in [7, 11) is 2.05. The molecule has 0 N–H and O–H groups in total. The average molecular weight is 235 g/mol. The first-order chi connectivity index (χ1) is 6.89. The Morgan fingerprint density at radius 2 is 2.20 bits per heavy atom. The highest BCUT2D eigenvalue weighted by Crippen LogP contribution is 2.21. The maximum absolute atomic E-state index is 8.89. The van der Waals surface area contributed by atoms with Gasteiger partial charge in [0.15, 0.2) is 18.4 Å². The average Bonchev–Trinajstić information content (AvgIpc) is 2.43. The molecule has 0 radical (unpaired) electrons. The fourth-order valence-electron chi connectivity index (χ4n) is 1.26. The summed E-state index contributed by atoms with van der Waals surface area (Å²) < 4.78 is 0.560. The predicted octanol–water partition coefficient (Wildman–Crippen LogP) is 0.887. The Hall–Kier alpha value is -0.740. The lowest BCUT2D eigenvalue weighted by Gasteiger charge is -2.21. The van der Waals surface area contributed by atoms with E-state index in [1.54, 1.807) is 0 Å². The third-order valence-corrected chi connectivity index (χ3v) is 2.32. The zero-order valence-electron chi connectivity index (χ0n) is 9.57. The SMILES string of the molecule is CC(=O)[O-].CCCC[N+]1(Cl)C=CN(C)C1. The van der Waals surface area contributed by atoms with E-state index in [1.165, 1.54) is 12.8 Å². The second-order valence-corrected chi connectivity index (χ2v) is 4.36. The molecule has 1 heterocycles. The van der Waals surface area contributed by atoms with Crippen molar-refractivity contribution in [1.29, 1.82) is 0 Å². The molecule has 1 rings (SSSR count). The summed E-state index contributed by atoms with van der Waals surface area (Å²) in [6.45, 7) is 5.10. The Morgan fingerprint density at radius 1 is 1.67 bits per heavy atom. The van der Waals surface area contributed by atoms with E-state index in [0.717, 1.165) is 20.1 Å². The highest BCUT2D eigenvalue weighted by atomic mass is 35.5. The summed E-state index contributed by atoms with van der Waals surface area (Å²) in [6, 6.07) is 0. The van der Waals surface area contributed by atoms with Gasteiger partial charge in [-0.2, -0.15) is 4.00 Å². The Balaban J connectivity index is 0.000000423. The van der Waals surface area contributed by atoms with Gasteiger partial charge in [-0.15, -0.1) is 0 Å². The van der Waals surface area contributed by atoms with Crippen molar-refractivity contribution < 1.29 is 13.9 Å². The molecule has 1 aliphatic rings. The molecule has 1 atom stereocenters. The molecule has 0 saturated heterocycles. The molecule has 0 fully saturated rings. The summed E-state index contributed by atoms with van der Waals surface area (Å²) in [5, 5.41) is 8.89. The van der Waals surface area contributed by atoms with Crippen LogP contribution in [0.1, 0.15) is 26.7 Å². The molecule has 0 bridgehead atoms. The topological polar surface area (TPSA) is 43.4 Å². The van der Waals surface area contributed by atoms with E-state index in [0.29, 0.717) is 4.00 Å². The number of aliphatic carboxylic acids is 1. The molecule has 0 saturated carbocycles. The van der Waals surface area contributed by atoms with Gasteiger partial charge in [-0.25, -0.2) is 0 Å². The fourth-order valence-corrected chi connectivity index (χ4v) is 1.60. The monoisotopic (exact) mass is 234 g/mol. The normalized spacial score (nSPS) is 23.6. The van der Waals surface area contributed by atoms with Gasteiger partial charge in [0.25, 0.3) is 0 Å². The van der Waals surface area contributed by atoms with Gasteiger partial charge in [0.05, 0.1) is 6.20 Å². The minimum Gasteiger partial charge on any atom is -0.550 e. The molecule has 0 amide bonds. The molecule has 0 aromatic heterocycles. The van der Waals surface area contributed by atoms with E-state index in [-0.39, 0.29) is 0 Å². The number of carbonyl (C=O) groups excluding carboxylic acids is 1. The van der Waals surface area contributed by atoms with Crippen molar-refractivity contribution in [3.63, 3.8) is 0 Å². The summed E-state index contributed by atoms with van der Waals surface area (Å²) in [5.74, 6) is -1.08. The van der Waals surface area contributed by atoms with Crippen LogP contribution in [0, 0.1) is 0 Å². The maximum atomic E-state index is 8.89. The number of carboxylic acid groups (broad SMARTS) is 1. The summed E-state index contributed by atoms with van der Waals surface area (Å²) in [4.78, 5) is 11.0. The van der Waals surface area contributed by atoms with Crippen LogP contribution in [-0.4, -0.2) is 35.1 Å². The van der Waals surface area contributed by atoms with Gasteiger partial charge < -0.3 is 14.8 Å². The van der Waals surface area contributed by atoms with Gasteiger partial charge in [0.2, 0.25) is 0 Å². The number of quaternary nitrogens is 1. The fraction of sp³-hybridized carbons (Fsp3) is 0.700. The van der Waals surface area contributed by atoms with Crippen molar-refractivity contribution in [3.05, 3.63) is 12.4 Å². The molecule has 0 aliphatic carbocycles. The molecule has 5 heteroatoms. The van der Waals surface area contributed by atoms with Gasteiger partial charge >= 0.3 is 0 Å². The van der Waals surface area contributed by atoms with Crippen LogP contribution in [0.2, 0.25) is 0 Å². The van der Waals surface area contributed by atoms with Crippen LogP contribution >= 0.6 is 11.8 Å². The first-order valence-corrected chi connectivity index (χ1v) is 5.37. The molecule has 0 aromatic rings. The molecular formula is C10H19ClN2O2. The number of nitrogens with zero attached hydrogens (tertiary/aromatic N) is 2. The number of hydrogen-bond donors (Lipinski definition) is 0. The van der Waals surface area contributed by atoms with Crippen molar-refractivity contribution >= 4 is 17.7 Å². The van der Waals surface area contributed by atoms with Crippen molar-refractivity contribution in [2.24, 2.45) is 0 Å². The van der Waals surface area contributed by atoms with E-state index in [9.17, 15) is 0 Å². The summed E-state index contributed by atoms with van der Waals surface area (Å²) in [5.41, 5.74) is 0. The van der Waals surface area contributed by atoms with E-state index >= 15 is 0 Å². The van der Waals surface area contributed by atoms with Crippen LogP contribution in [0.25, 0.3) is 0 Å². The number of unbranched alkanes of at least 4 members (excludes halogenated alkanes) is 1. The van der Waals surface area contributed by atoms with Crippen LogP contribution in [0.4, 0.5) is 0 Å². The second kappa shape index (κ2) is 6.69. The first kappa shape index (κ1) is 14.3. The zero-order valence-corrected chi connectivity index (χ0v) is 10.3. The van der Waals surface area contributed by atoms with Crippen molar-refractivity contribution in [3.8, 4) is 0 Å². The van der Waals surface area contributed by atoms with Gasteiger partial charge in [-0.05, 0) is 13.3 Å². The van der Waals surface area contributed by atoms with Gasteiger partial charge in [-0.1, -0.05) is 13.3 Å². The number of halogens is 1. The second-order valence-electron chi connectivity index (χ2n) is 3.69. The first-order valence-electron chi connectivity index (χ1n) is 5.03. The maximum Gasteiger partial charge on any atom is 0.175 e. The highest BCUT2D eigenvalue weighted by molar-refractivity contribution is 6.07.